The molecule has 0 bridgehead atoms. The van der Waals surface area contributed by atoms with Gasteiger partial charge in [-0.2, -0.15) is 0 Å². The van der Waals surface area contributed by atoms with E-state index in [9.17, 15) is 9.59 Å². The van der Waals surface area contributed by atoms with Crippen molar-refractivity contribution in [3.63, 3.8) is 0 Å². The molecule has 104 valence electrons. The molecule has 0 radical (unpaired) electrons. The van der Waals surface area contributed by atoms with Gasteiger partial charge < -0.3 is 10.4 Å². The molecule has 0 aliphatic heterocycles. The summed E-state index contributed by atoms with van der Waals surface area (Å²) in [5.41, 5.74) is 0.752. The Balaban J connectivity index is 2.06. The minimum atomic E-state index is -1.02. The number of rotatable bonds is 4. The third-order valence-corrected chi connectivity index (χ3v) is 3.90. The number of halogens is 1. The third-order valence-electron chi connectivity index (χ3n) is 2.45. The summed E-state index contributed by atoms with van der Waals surface area (Å²) in [6, 6.07) is 1.51. The van der Waals surface area contributed by atoms with Crippen LogP contribution in [0.1, 0.15) is 30.7 Å². The number of aryl methyl sites for hydroxylation is 1. The second-order valence-corrected chi connectivity index (χ2v) is 5.36. The van der Waals surface area contributed by atoms with Crippen LogP contribution < -0.4 is 5.32 Å². The van der Waals surface area contributed by atoms with E-state index in [1.54, 1.807) is 6.92 Å². The average Bonchev–Trinajstić information content (AvgIpc) is 2.78. The second kappa shape index (κ2) is 5.98. The smallest absolute Gasteiger partial charge is 0.347 e. The van der Waals surface area contributed by atoms with Crippen LogP contribution in [-0.4, -0.2) is 27.0 Å². The molecule has 2 aromatic heterocycles. The fraction of sp³-hybridized carbons (Fsp3) is 0.167. The average molecular weight is 312 g/mol. The minimum absolute atomic E-state index is 0.149. The summed E-state index contributed by atoms with van der Waals surface area (Å²) in [5, 5.41) is 12.4. The maximum atomic E-state index is 11.9. The van der Waals surface area contributed by atoms with E-state index in [4.69, 9.17) is 16.7 Å². The molecule has 20 heavy (non-hydrogen) atoms. The number of thiazole rings is 1. The molecular weight excluding hydrogens is 302 g/mol. The van der Waals surface area contributed by atoms with E-state index in [-0.39, 0.29) is 22.4 Å². The van der Waals surface area contributed by atoms with Crippen LogP contribution >= 0.6 is 22.9 Å². The molecule has 0 aliphatic carbocycles. The maximum Gasteiger partial charge on any atom is 0.347 e. The van der Waals surface area contributed by atoms with Crippen LogP contribution in [0.25, 0.3) is 0 Å². The number of nitrogens with one attached hydrogen (secondary N) is 1. The molecule has 0 spiro atoms. The van der Waals surface area contributed by atoms with E-state index in [2.05, 4.69) is 15.3 Å². The van der Waals surface area contributed by atoms with Crippen molar-refractivity contribution in [3.8, 4) is 0 Å². The summed E-state index contributed by atoms with van der Waals surface area (Å²) in [6.45, 7) is 1.77. The fourth-order valence-corrected chi connectivity index (χ4v) is 2.59. The Kier molecular flexibility index (Phi) is 4.31. The first-order valence-electron chi connectivity index (χ1n) is 5.56. The largest absolute Gasteiger partial charge is 0.477 e. The predicted molar refractivity (Wildman–Crippen MR) is 74.2 cm³/mol. The van der Waals surface area contributed by atoms with Gasteiger partial charge in [0.1, 0.15) is 9.88 Å². The SMILES string of the molecule is Cc1nc(CNC(=O)c2ccncc2Cl)sc1C(=O)O. The highest BCUT2D eigenvalue weighted by molar-refractivity contribution is 7.13. The first-order valence-corrected chi connectivity index (χ1v) is 6.75. The van der Waals surface area contributed by atoms with Gasteiger partial charge in [-0.25, -0.2) is 9.78 Å². The molecule has 0 atom stereocenters. The number of aromatic carboxylic acids is 1. The number of hydrogen-bond acceptors (Lipinski definition) is 5. The first-order chi connectivity index (χ1) is 9.49. The van der Waals surface area contributed by atoms with Gasteiger partial charge in [-0.1, -0.05) is 11.6 Å². The lowest BCUT2D eigenvalue weighted by atomic mass is 10.2. The summed E-state index contributed by atoms with van der Waals surface area (Å²) >= 11 is 6.90. The Morgan fingerprint density at radius 2 is 2.25 bits per heavy atom. The Morgan fingerprint density at radius 3 is 2.85 bits per heavy atom. The van der Waals surface area contributed by atoms with E-state index >= 15 is 0 Å². The minimum Gasteiger partial charge on any atom is -0.477 e. The molecule has 2 rings (SSSR count). The molecule has 0 aliphatic rings. The second-order valence-electron chi connectivity index (χ2n) is 3.87. The molecule has 0 unspecified atom stereocenters. The summed E-state index contributed by atoms with van der Waals surface area (Å²) < 4.78 is 0. The molecule has 0 fully saturated rings. The fourth-order valence-electron chi connectivity index (χ4n) is 1.54. The first kappa shape index (κ1) is 14.4. The van der Waals surface area contributed by atoms with E-state index < -0.39 is 5.97 Å². The quantitative estimate of drug-likeness (QED) is 0.902. The lowest BCUT2D eigenvalue weighted by molar-refractivity contribution is 0.0701. The van der Waals surface area contributed by atoms with Crippen molar-refractivity contribution in [2.75, 3.05) is 0 Å². The Labute approximate surface area is 123 Å². The number of carboxylic acid groups (broad SMARTS) is 1. The van der Waals surface area contributed by atoms with Gasteiger partial charge in [-0.05, 0) is 13.0 Å². The zero-order valence-corrected chi connectivity index (χ0v) is 12.0. The normalized spacial score (nSPS) is 10.3. The molecule has 0 saturated heterocycles. The highest BCUT2D eigenvalue weighted by atomic mass is 35.5. The van der Waals surface area contributed by atoms with Crippen molar-refractivity contribution in [1.29, 1.82) is 0 Å². The number of aromatic nitrogens is 2. The van der Waals surface area contributed by atoms with Crippen LogP contribution in [-0.2, 0) is 6.54 Å². The lowest BCUT2D eigenvalue weighted by Crippen LogP contribution is -2.23. The lowest BCUT2D eigenvalue weighted by Gasteiger charge is -2.04. The summed E-state index contributed by atoms with van der Waals surface area (Å²) in [5.74, 6) is -1.38. The van der Waals surface area contributed by atoms with Crippen molar-refractivity contribution < 1.29 is 14.7 Å². The van der Waals surface area contributed by atoms with Gasteiger partial charge in [0.2, 0.25) is 0 Å². The zero-order chi connectivity index (χ0) is 14.7. The topological polar surface area (TPSA) is 92.2 Å². The van der Waals surface area contributed by atoms with E-state index in [0.717, 1.165) is 11.3 Å². The van der Waals surface area contributed by atoms with Gasteiger partial charge >= 0.3 is 5.97 Å². The highest BCUT2D eigenvalue weighted by Crippen LogP contribution is 2.18. The standard InChI is InChI=1S/C12H10ClN3O3S/c1-6-10(12(18)19)20-9(16-6)5-15-11(17)7-2-3-14-4-8(7)13/h2-4H,5H2,1H3,(H,15,17)(H,18,19). The van der Waals surface area contributed by atoms with Crippen LogP contribution in [0.15, 0.2) is 18.5 Å². The number of carbonyl (C=O) groups excluding carboxylic acids is 1. The number of carbonyl (C=O) groups is 2. The Bertz CT molecular complexity index is 672. The number of carboxylic acids is 1. The van der Waals surface area contributed by atoms with Crippen molar-refractivity contribution in [3.05, 3.63) is 44.6 Å². The van der Waals surface area contributed by atoms with Crippen molar-refractivity contribution in [2.45, 2.75) is 13.5 Å². The molecule has 2 N–H and O–H groups in total. The summed E-state index contributed by atoms with van der Waals surface area (Å²) in [7, 11) is 0. The maximum absolute atomic E-state index is 11.9. The van der Waals surface area contributed by atoms with Crippen LogP contribution in [0.3, 0.4) is 0 Å². The van der Waals surface area contributed by atoms with Gasteiger partial charge in [-0.15, -0.1) is 11.3 Å². The van der Waals surface area contributed by atoms with Crippen molar-refractivity contribution in [1.82, 2.24) is 15.3 Å². The number of pyridine rings is 1. The van der Waals surface area contributed by atoms with E-state index in [0.29, 0.717) is 16.3 Å². The predicted octanol–water partition coefficient (Wildman–Crippen LogP) is 2.13. The highest BCUT2D eigenvalue weighted by Gasteiger charge is 2.15. The van der Waals surface area contributed by atoms with Gasteiger partial charge in [-0.3, -0.25) is 9.78 Å². The van der Waals surface area contributed by atoms with Crippen molar-refractivity contribution in [2.24, 2.45) is 0 Å². The Morgan fingerprint density at radius 1 is 1.50 bits per heavy atom. The third kappa shape index (κ3) is 3.12. The van der Waals surface area contributed by atoms with Gasteiger partial charge in [0.15, 0.2) is 0 Å². The molecule has 6 nitrogen and oxygen atoms in total. The Hall–Kier alpha value is -1.99. The molecule has 2 heterocycles. The number of amides is 1. The summed E-state index contributed by atoms with van der Waals surface area (Å²) in [4.78, 5) is 30.9. The molecular formula is C12H10ClN3O3S. The number of hydrogen-bond donors (Lipinski definition) is 2. The molecule has 0 aromatic carbocycles. The van der Waals surface area contributed by atoms with Crippen LogP contribution in [0.5, 0.6) is 0 Å². The molecule has 2 aromatic rings. The van der Waals surface area contributed by atoms with Gasteiger partial charge in [0, 0.05) is 12.4 Å². The molecule has 8 heteroatoms. The van der Waals surface area contributed by atoms with Crippen molar-refractivity contribution >= 4 is 34.8 Å². The van der Waals surface area contributed by atoms with E-state index in [1.165, 1.54) is 18.5 Å². The van der Waals surface area contributed by atoms with E-state index in [1.807, 2.05) is 0 Å². The zero-order valence-electron chi connectivity index (χ0n) is 10.4. The van der Waals surface area contributed by atoms with Crippen LogP contribution in [0, 0.1) is 6.92 Å². The monoisotopic (exact) mass is 311 g/mol. The van der Waals surface area contributed by atoms with Gasteiger partial charge in [0.05, 0.1) is 22.8 Å². The molecule has 1 amide bonds. The number of nitrogens with zero attached hydrogens (tertiary/aromatic N) is 2. The molecule has 0 saturated carbocycles. The van der Waals surface area contributed by atoms with Gasteiger partial charge in [0.25, 0.3) is 5.91 Å². The van der Waals surface area contributed by atoms with Crippen LogP contribution in [0.2, 0.25) is 5.02 Å². The van der Waals surface area contributed by atoms with Crippen LogP contribution in [0.4, 0.5) is 0 Å². The summed E-state index contributed by atoms with van der Waals surface area (Å²) in [6.07, 6.45) is 2.85.